The maximum atomic E-state index is 12.1. The molecule has 0 spiro atoms. The molecular formula is C20H21BrClNO2. The summed E-state index contributed by atoms with van der Waals surface area (Å²) in [5.74, 6) is 0. The summed E-state index contributed by atoms with van der Waals surface area (Å²) in [6.45, 7) is 3.60. The molecule has 132 valence electrons. The minimum atomic E-state index is -0.219. The van der Waals surface area contributed by atoms with Crippen LogP contribution < -0.4 is 0 Å². The summed E-state index contributed by atoms with van der Waals surface area (Å²) < 4.78 is 6.22. The van der Waals surface area contributed by atoms with Gasteiger partial charge in [0.1, 0.15) is 0 Å². The fraction of sp³-hybridized carbons (Fsp3) is 0.350. The highest BCUT2D eigenvalue weighted by Crippen LogP contribution is 2.42. The summed E-state index contributed by atoms with van der Waals surface area (Å²) in [5.41, 5.74) is 2.39. The van der Waals surface area contributed by atoms with E-state index in [9.17, 15) is 4.79 Å². The summed E-state index contributed by atoms with van der Waals surface area (Å²) in [6.07, 6.45) is 1.49. The molecule has 0 saturated carbocycles. The van der Waals surface area contributed by atoms with Crippen LogP contribution in [0.3, 0.4) is 0 Å². The highest BCUT2D eigenvalue weighted by atomic mass is 79.9. The van der Waals surface area contributed by atoms with Crippen LogP contribution in [0.15, 0.2) is 53.0 Å². The lowest BCUT2D eigenvalue weighted by atomic mass is 9.68. The number of halogens is 2. The topological polar surface area (TPSA) is 29.5 Å². The van der Waals surface area contributed by atoms with Gasteiger partial charge in [0.15, 0.2) is 0 Å². The SMILES string of the molecule is CCOC(=O)N1CCC(c2ccc(Cl)cc2)(c2ccc(Br)cc2)CC1. The van der Waals surface area contributed by atoms with Crippen molar-refractivity contribution >= 4 is 33.6 Å². The number of carbonyl (C=O) groups excluding carboxylic acids is 1. The van der Waals surface area contributed by atoms with Crippen molar-refractivity contribution in [3.63, 3.8) is 0 Å². The maximum absolute atomic E-state index is 12.1. The Kier molecular flexibility index (Phi) is 5.70. The van der Waals surface area contributed by atoms with Crippen molar-refractivity contribution in [3.8, 4) is 0 Å². The van der Waals surface area contributed by atoms with Gasteiger partial charge < -0.3 is 9.64 Å². The second kappa shape index (κ2) is 7.79. The Morgan fingerprint density at radius 2 is 1.60 bits per heavy atom. The lowest BCUT2D eigenvalue weighted by molar-refractivity contribution is 0.0907. The highest BCUT2D eigenvalue weighted by Gasteiger charge is 2.39. The van der Waals surface area contributed by atoms with Gasteiger partial charge >= 0.3 is 6.09 Å². The summed E-state index contributed by atoms with van der Waals surface area (Å²) in [7, 11) is 0. The minimum absolute atomic E-state index is 0.117. The van der Waals surface area contributed by atoms with Crippen LogP contribution in [-0.4, -0.2) is 30.7 Å². The molecule has 0 N–H and O–H groups in total. The number of nitrogens with zero attached hydrogens (tertiary/aromatic N) is 1. The second-order valence-corrected chi connectivity index (χ2v) is 7.63. The molecule has 0 aromatic heterocycles. The van der Waals surface area contributed by atoms with E-state index in [4.69, 9.17) is 16.3 Å². The molecule has 1 amide bonds. The number of likely N-dealkylation sites (tertiary alicyclic amines) is 1. The number of carbonyl (C=O) groups is 1. The molecule has 1 heterocycles. The van der Waals surface area contributed by atoms with Gasteiger partial charge in [0.05, 0.1) is 6.61 Å². The zero-order valence-corrected chi connectivity index (χ0v) is 16.5. The fourth-order valence-electron chi connectivity index (χ4n) is 3.57. The average molecular weight is 423 g/mol. The van der Waals surface area contributed by atoms with Crippen molar-refractivity contribution in [2.45, 2.75) is 25.2 Å². The molecule has 0 atom stereocenters. The Morgan fingerprint density at radius 1 is 1.08 bits per heavy atom. The number of benzene rings is 2. The molecule has 0 aliphatic carbocycles. The first kappa shape index (κ1) is 18.3. The third kappa shape index (κ3) is 3.85. The Morgan fingerprint density at radius 3 is 2.12 bits per heavy atom. The lowest BCUT2D eigenvalue weighted by Gasteiger charge is -2.42. The van der Waals surface area contributed by atoms with E-state index in [1.165, 1.54) is 11.1 Å². The van der Waals surface area contributed by atoms with Gasteiger partial charge in [-0.2, -0.15) is 0 Å². The number of hydrogen-bond acceptors (Lipinski definition) is 2. The van der Waals surface area contributed by atoms with Crippen LogP contribution >= 0.6 is 27.5 Å². The predicted octanol–water partition coefficient (Wildman–Crippen LogP) is 5.64. The smallest absolute Gasteiger partial charge is 0.409 e. The molecule has 2 aromatic carbocycles. The zero-order chi connectivity index (χ0) is 17.9. The molecule has 3 nitrogen and oxygen atoms in total. The van der Waals surface area contributed by atoms with E-state index in [1.807, 2.05) is 19.1 Å². The molecule has 2 aromatic rings. The molecule has 1 saturated heterocycles. The van der Waals surface area contributed by atoms with Crippen molar-refractivity contribution in [1.82, 2.24) is 4.90 Å². The summed E-state index contributed by atoms with van der Waals surface area (Å²) in [6, 6.07) is 16.6. The maximum Gasteiger partial charge on any atom is 0.409 e. The predicted molar refractivity (Wildman–Crippen MR) is 104 cm³/mol. The fourth-order valence-corrected chi connectivity index (χ4v) is 3.96. The largest absolute Gasteiger partial charge is 0.450 e. The van der Waals surface area contributed by atoms with Gasteiger partial charge in [0.25, 0.3) is 0 Å². The van der Waals surface area contributed by atoms with Gasteiger partial charge in [-0.15, -0.1) is 0 Å². The van der Waals surface area contributed by atoms with Gasteiger partial charge in [-0.1, -0.05) is 51.8 Å². The van der Waals surface area contributed by atoms with E-state index in [1.54, 1.807) is 4.90 Å². The van der Waals surface area contributed by atoms with Gasteiger partial charge in [0, 0.05) is 28.0 Å². The third-order valence-electron chi connectivity index (χ3n) is 4.94. The van der Waals surface area contributed by atoms with Crippen LogP contribution in [0.5, 0.6) is 0 Å². The summed E-state index contributed by atoms with van der Waals surface area (Å²) >= 11 is 9.60. The van der Waals surface area contributed by atoms with E-state index < -0.39 is 0 Å². The van der Waals surface area contributed by atoms with Crippen molar-refractivity contribution in [2.75, 3.05) is 19.7 Å². The van der Waals surface area contributed by atoms with E-state index >= 15 is 0 Å². The van der Waals surface area contributed by atoms with Crippen LogP contribution in [0, 0.1) is 0 Å². The molecule has 3 rings (SSSR count). The second-order valence-electron chi connectivity index (χ2n) is 6.28. The summed E-state index contributed by atoms with van der Waals surface area (Å²) in [4.78, 5) is 13.9. The Balaban J connectivity index is 1.93. The first-order valence-electron chi connectivity index (χ1n) is 8.49. The van der Waals surface area contributed by atoms with E-state index in [2.05, 4.69) is 52.3 Å². The molecule has 1 aliphatic heterocycles. The molecule has 1 aliphatic rings. The number of amides is 1. The van der Waals surface area contributed by atoms with E-state index in [-0.39, 0.29) is 11.5 Å². The molecule has 0 unspecified atom stereocenters. The molecule has 0 radical (unpaired) electrons. The zero-order valence-electron chi connectivity index (χ0n) is 14.2. The van der Waals surface area contributed by atoms with Gasteiger partial charge in [-0.25, -0.2) is 4.79 Å². The van der Waals surface area contributed by atoms with Gasteiger partial charge in [-0.3, -0.25) is 0 Å². The van der Waals surface area contributed by atoms with Gasteiger partial charge in [0.2, 0.25) is 0 Å². The van der Waals surface area contributed by atoms with Crippen molar-refractivity contribution in [2.24, 2.45) is 0 Å². The molecule has 5 heteroatoms. The Hall–Kier alpha value is -1.52. The first-order valence-corrected chi connectivity index (χ1v) is 9.66. The molecule has 1 fully saturated rings. The third-order valence-corrected chi connectivity index (χ3v) is 5.72. The Labute approximate surface area is 162 Å². The number of rotatable bonds is 3. The first-order chi connectivity index (χ1) is 12.0. The molecule has 25 heavy (non-hydrogen) atoms. The number of piperidine rings is 1. The quantitative estimate of drug-likeness (QED) is 0.640. The van der Waals surface area contributed by atoms with Crippen LogP contribution in [-0.2, 0) is 10.2 Å². The standard InChI is InChI=1S/C20H21BrClNO2/c1-2-25-19(24)23-13-11-20(12-14-23,15-3-7-17(21)8-4-15)16-5-9-18(22)10-6-16/h3-10H,2,11-14H2,1H3. The lowest BCUT2D eigenvalue weighted by Crippen LogP contribution is -2.46. The number of ether oxygens (including phenoxy) is 1. The summed E-state index contributed by atoms with van der Waals surface area (Å²) in [5, 5.41) is 0.735. The van der Waals surface area contributed by atoms with E-state index in [0.29, 0.717) is 19.7 Å². The highest BCUT2D eigenvalue weighted by molar-refractivity contribution is 9.10. The normalized spacial score (nSPS) is 16.5. The van der Waals surface area contributed by atoms with Crippen molar-refractivity contribution in [1.29, 1.82) is 0 Å². The van der Waals surface area contributed by atoms with Crippen LogP contribution in [0.2, 0.25) is 5.02 Å². The van der Waals surface area contributed by atoms with Crippen LogP contribution in [0.25, 0.3) is 0 Å². The van der Waals surface area contributed by atoms with Crippen molar-refractivity contribution < 1.29 is 9.53 Å². The Bertz CT molecular complexity index is 675. The van der Waals surface area contributed by atoms with Crippen LogP contribution in [0.4, 0.5) is 4.79 Å². The average Bonchev–Trinajstić information content (AvgIpc) is 2.63. The van der Waals surface area contributed by atoms with Gasteiger partial charge in [-0.05, 0) is 55.2 Å². The van der Waals surface area contributed by atoms with E-state index in [0.717, 1.165) is 22.3 Å². The molecular weight excluding hydrogens is 402 g/mol. The monoisotopic (exact) mass is 421 g/mol. The van der Waals surface area contributed by atoms with Crippen LogP contribution in [0.1, 0.15) is 30.9 Å². The van der Waals surface area contributed by atoms with Crippen molar-refractivity contribution in [3.05, 3.63) is 69.2 Å². The molecule has 0 bridgehead atoms. The number of hydrogen-bond donors (Lipinski definition) is 0. The minimum Gasteiger partial charge on any atom is -0.450 e.